The zero-order chi connectivity index (χ0) is 12.9. The van der Waals surface area contributed by atoms with E-state index in [9.17, 15) is 4.79 Å². The Morgan fingerprint density at radius 2 is 1.94 bits per heavy atom. The van der Waals surface area contributed by atoms with Crippen LogP contribution in [0.4, 0.5) is 0 Å². The van der Waals surface area contributed by atoms with Crippen LogP contribution in [0, 0.1) is 0 Å². The van der Waals surface area contributed by atoms with Crippen molar-refractivity contribution in [2.24, 2.45) is 5.73 Å². The summed E-state index contributed by atoms with van der Waals surface area (Å²) >= 11 is 0. The Morgan fingerprint density at radius 1 is 1.35 bits per heavy atom. The van der Waals surface area contributed by atoms with Crippen molar-refractivity contribution in [3.05, 3.63) is 0 Å². The third kappa shape index (κ3) is 5.50. The van der Waals surface area contributed by atoms with Gasteiger partial charge in [-0.2, -0.15) is 0 Å². The third-order valence-electron chi connectivity index (χ3n) is 3.01. The lowest BCUT2D eigenvalue weighted by Crippen LogP contribution is -2.42. The highest BCUT2D eigenvalue weighted by atomic mass is 16.6. The fourth-order valence-electron chi connectivity index (χ4n) is 2.37. The molecule has 0 saturated heterocycles. The lowest BCUT2D eigenvalue weighted by Gasteiger charge is -2.29. The molecule has 0 amide bonds. The Bertz CT molecular complexity index is 242. The molecule has 0 aromatic rings. The van der Waals surface area contributed by atoms with E-state index < -0.39 is 5.60 Å². The molecule has 1 rings (SSSR count). The van der Waals surface area contributed by atoms with Crippen molar-refractivity contribution in [2.75, 3.05) is 19.6 Å². The summed E-state index contributed by atoms with van der Waals surface area (Å²) in [6, 6.07) is 0.520. The minimum atomic E-state index is -0.402. The maximum atomic E-state index is 11.8. The quantitative estimate of drug-likeness (QED) is 0.743. The zero-order valence-electron chi connectivity index (χ0n) is 11.4. The highest BCUT2D eigenvalue weighted by molar-refractivity contribution is 5.72. The lowest BCUT2D eigenvalue weighted by molar-refractivity contribution is -0.156. The first-order valence-corrected chi connectivity index (χ1v) is 6.58. The zero-order valence-corrected chi connectivity index (χ0v) is 11.4. The molecule has 1 fully saturated rings. The van der Waals surface area contributed by atoms with Crippen LogP contribution >= 0.6 is 0 Å². The second-order valence-corrected chi connectivity index (χ2v) is 5.78. The first-order chi connectivity index (χ1) is 7.92. The smallest absolute Gasteiger partial charge is 0.320 e. The average Bonchev–Trinajstić information content (AvgIpc) is 2.66. The third-order valence-corrected chi connectivity index (χ3v) is 3.01. The molecule has 0 atom stereocenters. The Morgan fingerprint density at radius 3 is 2.41 bits per heavy atom. The molecule has 2 N–H and O–H groups in total. The highest BCUT2D eigenvalue weighted by Gasteiger charge is 2.25. The maximum absolute atomic E-state index is 11.8. The van der Waals surface area contributed by atoms with E-state index in [0.29, 0.717) is 19.1 Å². The summed E-state index contributed by atoms with van der Waals surface area (Å²) < 4.78 is 5.35. The van der Waals surface area contributed by atoms with Crippen LogP contribution in [0.1, 0.15) is 46.5 Å². The maximum Gasteiger partial charge on any atom is 0.320 e. The van der Waals surface area contributed by atoms with Crippen LogP contribution in [-0.2, 0) is 9.53 Å². The van der Waals surface area contributed by atoms with Gasteiger partial charge < -0.3 is 10.5 Å². The van der Waals surface area contributed by atoms with Crippen LogP contribution in [0.5, 0.6) is 0 Å². The molecule has 0 radical (unpaired) electrons. The molecule has 4 heteroatoms. The molecular weight excluding hydrogens is 216 g/mol. The molecule has 1 aliphatic rings. The van der Waals surface area contributed by atoms with Gasteiger partial charge >= 0.3 is 5.97 Å². The molecule has 0 aliphatic heterocycles. The van der Waals surface area contributed by atoms with Crippen LogP contribution < -0.4 is 5.73 Å². The van der Waals surface area contributed by atoms with Gasteiger partial charge in [0, 0.05) is 19.1 Å². The molecule has 4 nitrogen and oxygen atoms in total. The minimum absolute atomic E-state index is 0.141. The molecule has 100 valence electrons. The Hall–Kier alpha value is -0.610. The summed E-state index contributed by atoms with van der Waals surface area (Å²) in [6.45, 7) is 7.44. The standard InChI is InChI=1S/C13H26N2O2/c1-13(2,3)17-12(16)10-15(9-8-14)11-6-4-5-7-11/h11H,4-10,14H2,1-3H3. The van der Waals surface area contributed by atoms with Gasteiger partial charge in [0.05, 0.1) is 6.54 Å². The van der Waals surface area contributed by atoms with Gasteiger partial charge in [0.1, 0.15) is 5.60 Å². The van der Waals surface area contributed by atoms with Crippen molar-refractivity contribution in [3.63, 3.8) is 0 Å². The molecule has 0 heterocycles. The minimum Gasteiger partial charge on any atom is -0.459 e. The van der Waals surface area contributed by atoms with Crippen molar-refractivity contribution >= 4 is 5.97 Å². The Kier molecular flexibility index (Phi) is 5.40. The highest BCUT2D eigenvalue weighted by Crippen LogP contribution is 2.23. The van der Waals surface area contributed by atoms with E-state index in [4.69, 9.17) is 10.5 Å². The number of nitrogens with zero attached hydrogens (tertiary/aromatic N) is 1. The van der Waals surface area contributed by atoms with E-state index in [1.54, 1.807) is 0 Å². The first kappa shape index (κ1) is 14.5. The van der Waals surface area contributed by atoms with Crippen molar-refractivity contribution in [2.45, 2.75) is 58.1 Å². The molecular formula is C13H26N2O2. The summed E-state index contributed by atoms with van der Waals surface area (Å²) in [4.78, 5) is 14.0. The summed E-state index contributed by atoms with van der Waals surface area (Å²) in [6.07, 6.45) is 4.89. The van der Waals surface area contributed by atoms with Crippen molar-refractivity contribution in [1.29, 1.82) is 0 Å². The number of hydrogen-bond acceptors (Lipinski definition) is 4. The number of hydrogen-bond donors (Lipinski definition) is 1. The van der Waals surface area contributed by atoms with Crippen molar-refractivity contribution in [1.82, 2.24) is 4.90 Å². The molecule has 1 saturated carbocycles. The topological polar surface area (TPSA) is 55.6 Å². The molecule has 1 aliphatic carbocycles. The van der Waals surface area contributed by atoms with Gasteiger partial charge in [-0.25, -0.2) is 0 Å². The Balaban J connectivity index is 2.45. The number of carbonyl (C=O) groups is 1. The van der Waals surface area contributed by atoms with Crippen LogP contribution in [0.2, 0.25) is 0 Å². The summed E-state index contributed by atoms with van der Waals surface area (Å²) in [7, 11) is 0. The number of esters is 1. The molecule has 17 heavy (non-hydrogen) atoms. The second-order valence-electron chi connectivity index (χ2n) is 5.78. The Labute approximate surface area is 104 Å². The number of rotatable bonds is 5. The molecule has 0 spiro atoms. The first-order valence-electron chi connectivity index (χ1n) is 6.58. The van der Waals surface area contributed by atoms with Gasteiger partial charge in [0.25, 0.3) is 0 Å². The van der Waals surface area contributed by atoms with Gasteiger partial charge in [-0.3, -0.25) is 9.69 Å². The number of nitrogens with two attached hydrogens (primary N) is 1. The normalized spacial score (nSPS) is 17.7. The molecule has 0 unspecified atom stereocenters. The summed E-state index contributed by atoms with van der Waals surface area (Å²) in [5.74, 6) is -0.141. The van der Waals surface area contributed by atoms with Gasteiger partial charge in [-0.05, 0) is 33.6 Å². The van der Waals surface area contributed by atoms with E-state index in [0.717, 1.165) is 6.54 Å². The largest absolute Gasteiger partial charge is 0.459 e. The summed E-state index contributed by atoms with van der Waals surface area (Å²) in [5, 5.41) is 0. The fourth-order valence-corrected chi connectivity index (χ4v) is 2.37. The van der Waals surface area contributed by atoms with Gasteiger partial charge in [-0.1, -0.05) is 12.8 Å². The van der Waals surface area contributed by atoms with Gasteiger partial charge in [0.15, 0.2) is 0 Å². The molecule has 0 aromatic heterocycles. The molecule has 0 bridgehead atoms. The van der Waals surface area contributed by atoms with Crippen LogP contribution in [0.25, 0.3) is 0 Å². The fraction of sp³-hybridized carbons (Fsp3) is 0.923. The second kappa shape index (κ2) is 6.36. The van der Waals surface area contributed by atoms with E-state index in [1.807, 2.05) is 20.8 Å². The van der Waals surface area contributed by atoms with Gasteiger partial charge in [-0.15, -0.1) is 0 Å². The van der Waals surface area contributed by atoms with Crippen LogP contribution in [0.3, 0.4) is 0 Å². The monoisotopic (exact) mass is 242 g/mol. The molecule has 0 aromatic carbocycles. The van der Waals surface area contributed by atoms with E-state index in [2.05, 4.69) is 4.90 Å². The van der Waals surface area contributed by atoms with Crippen LogP contribution in [-0.4, -0.2) is 42.1 Å². The van der Waals surface area contributed by atoms with E-state index in [-0.39, 0.29) is 5.97 Å². The summed E-state index contributed by atoms with van der Waals surface area (Å²) in [5.41, 5.74) is 5.20. The van der Waals surface area contributed by atoms with Gasteiger partial charge in [0.2, 0.25) is 0 Å². The average molecular weight is 242 g/mol. The number of ether oxygens (including phenoxy) is 1. The predicted octanol–water partition coefficient (Wildman–Crippen LogP) is 1.53. The van der Waals surface area contributed by atoms with Crippen molar-refractivity contribution < 1.29 is 9.53 Å². The van der Waals surface area contributed by atoms with E-state index >= 15 is 0 Å². The lowest BCUT2D eigenvalue weighted by atomic mass is 10.2. The van der Waals surface area contributed by atoms with E-state index in [1.165, 1.54) is 25.7 Å². The van der Waals surface area contributed by atoms with Crippen LogP contribution in [0.15, 0.2) is 0 Å². The SMILES string of the molecule is CC(C)(C)OC(=O)CN(CCN)C1CCCC1. The number of carbonyl (C=O) groups excluding carboxylic acids is 1. The predicted molar refractivity (Wildman–Crippen MR) is 68.7 cm³/mol. The van der Waals surface area contributed by atoms with Crippen molar-refractivity contribution in [3.8, 4) is 0 Å².